The lowest BCUT2D eigenvalue weighted by atomic mass is 10.2. The van der Waals surface area contributed by atoms with Crippen LogP contribution in [0.5, 0.6) is 0 Å². The highest BCUT2D eigenvalue weighted by Gasteiger charge is 2.16. The van der Waals surface area contributed by atoms with Gasteiger partial charge in [0.2, 0.25) is 0 Å². The maximum atomic E-state index is 6.20. The van der Waals surface area contributed by atoms with Gasteiger partial charge in [0.25, 0.3) is 0 Å². The molecule has 0 aliphatic carbocycles. The number of nitrogens with two attached hydrogens (primary N) is 1. The van der Waals surface area contributed by atoms with E-state index < -0.39 is 0 Å². The molecular formula is C13H17ClN2OS. The molecule has 0 radical (unpaired) electrons. The van der Waals surface area contributed by atoms with Gasteiger partial charge in [-0.2, -0.15) is 0 Å². The fourth-order valence-electron chi connectivity index (χ4n) is 2.13. The first kappa shape index (κ1) is 13.6. The molecule has 1 aromatic carbocycles. The van der Waals surface area contributed by atoms with Crippen molar-refractivity contribution in [2.24, 2.45) is 5.73 Å². The Bertz CT molecular complexity index is 453. The fraction of sp³-hybridized carbons (Fsp3) is 0.462. The van der Waals surface area contributed by atoms with E-state index in [0.29, 0.717) is 10.0 Å². The lowest BCUT2D eigenvalue weighted by Gasteiger charge is -2.24. The van der Waals surface area contributed by atoms with E-state index in [-0.39, 0.29) is 6.10 Å². The summed E-state index contributed by atoms with van der Waals surface area (Å²) < 4.78 is 5.63. The SMILES string of the molecule is CC1CN(c2ccc(C(N)=S)c(Cl)c2)CCCO1. The van der Waals surface area contributed by atoms with Gasteiger partial charge >= 0.3 is 0 Å². The van der Waals surface area contributed by atoms with Crippen molar-refractivity contribution in [3.63, 3.8) is 0 Å². The Morgan fingerprint density at radius 1 is 1.56 bits per heavy atom. The van der Waals surface area contributed by atoms with Crippen LogP contribution < -0.4 is 10.6 Å². The van der Waals surface area contributed by atoms with E-state index in [1.807, 2.05) is 18.2 Å². The molecule has 1 fully saturated rings. The largest absolute Gasteiger partial charge is 0.389 e. The highest BCUT2D eigenvalue weighted by molar-refractivity contribution is 7.80. The minimum Gasteiger partial charge on any atom is -0.389 e. The van der Waals surface area contributed by atoms with E-state index in [1.54, 1.807) is 0 Å². The van der Waals surface area contributed by atoms with Crippen molar-refractivity contribution in [1.29, 1.82) is 0 Å². The maximum absolute atomic E-state index is 6.20. The first-order valence-corrected chi connectivity index (χ1v) is 6.82. The Balaban J connectivity index is 2.22. The van der Waals surface area contributed by atoms with E-state index in [9.17, 15) is 0 Å². The molecule has 3 nitrogen and oxygen atoms in total. The van der Waals surface area contributed by atoms with Crippen LogP contribution in [0.25, 0.3) is 0 Å². The molecule has 5 heteroatoms. The molecular weight excluding hydrogens is 268 g/mol. The van der Waals surface area contributed by atoms with E-state index in [0.717, 1.165) is 37.4 Å². The van der Waals surface area contributed by atoms with Crippen LogP contribution in [0.4, 0.5) is 5.69 Å². The van der Waals surface area contributed by atoms with Crippen LogP contribution in [0.1, 0.15) is 18.9 Å². The van der Waals surface area contributed by atoms with Gasteiger partial charge in [-0.05, 0) is 31.5 Å². The lowest BCUT2D eigenvalue weighted by Crippen LogP contribution is -2.30. The van der Waals surface area contributed by atoms with E-state index in [2.05, 4.69) is 11.8 Å². The average Bonchev–Trinajstić information content (AvgIpc) is 2.53. The van der Waals surface area contributed by atoms with Crippen LogP contribution in [0, 0.1) is 0 Å². The molecule has 1 heterocycles. The summed E-state index contributed by atoms with van der Waals surface area (Å²) in [6, 6.07) is 5.82. The molecule has 2 rings (SSSR count). The lowest BCUT2D eigenvalue weighted by molar-refractivity contribution is 0.0821. The summed E-state index contributed by atoms with van der Waals surface area (Å²) in [5, 5.41) is 0.609. The number of benzene rings is 1. The molecule has 1 aliphatic rings. The third kappa shape index (κ3) is 3.13. The Morgan fingerprint density at radius 3 is 3.00 bits per heavy atom. The summed E-state index contributed by atoms with van der Waals surface area (Å²) in [6.07, 6.45) is 1.26. The Labute approximate surface area is 118 Å². The minimum atomic E-state index is 0.238. The molecule has 1 unspecified atom stereocenters. The summed E-state index contributed by atoms with van der Waals surface area (Å²) >= 11 is 11.1. The van der Waals surface area contributed by atoms with Crippen molar-refractivity contribution < 1.29 is 4.74 Å². The average molecular weight is 285 g/mol. The number of hydrogen-bond acceptors (Lipinski definition) is 3. The zero-order chi connectivity index (χ0) is 13.1. The van der Waals surface area contributed by atoms with Gasteiger partial charge in [0.05, 0.1) is 11.1 Å². The van der Waals surface area contributed by atoms with Crippen molar-refractivity contribution >= 4 is 34.5 Å². The van der Waals surface area contributed by atoms with E-state index in [1.165, 1.54) is 0 Å². The van der Waals surface area contributed by atoms with Crippen LogP contribution in [-0.4, -0.2) is 30.8 Å². The molecule has 1 aromatic rings. The molecule has 2 N–H and O–H groups in total. The molecule has 0 saturated carbocycles. The third-order valence-electron chi connectivity index (χ3n) is 3.04. The van der Waals surface area contributed by atoms with Crippen LogP contribution >= 0.6 is 23.8 Å². The Hall–Kier alpha value is -0.840. The van der Waals surface area contributed by atoms with Crippen LogP contribution in [0.2, 0.25) is 5.02 Å². The van der Waals surface area contributed by atoms with Gasteiger partial charge in [-0.25, -0.2) is 0 Å². The monoisotopic (exact) mass is 284 g/mol. The molecule has 0 spiro atoms. The minimum absolute atomic E-state index is 0.238. The predicted molar refractivity (Wildman–Crippen MR) is 79.6 cm³/mol. The van der Waals surface area contributed by atoms with Crippen molar-refractivity contribution in [3.8, 4) is 0 Å². The molecule has 1 saturated heterocycles. The van der Waals surface area contributed by atoms with Crippen molar-refractivity contribution in [3.05, 3.63) is 28.8 Å². The number of thiocarbonyl (C=S) groups is 1. The first-order chi connectivity index (χ1) is 8.58. The van der Waals surface area contributed by atoms with Gasteiger partial charge in [0.1, 0.15) is 4.99 Å². The van der Waals surface area contributed by atoms with Crippen molar-refractivity contribution in [2.75, 3.05) is 24.6 Å². The number of hydrogen-bond donors (Lipinski definition) is 1. The Morgan fingerprint density at radius 2 is 2.33 bits per heavy atom. The number of rotatable bonds is 2. The van der Waals surface area contributed by atoms with Gasteiger partial charge in [-0.15, -0.1) is 0 Å². The summed E-state index contributed by atoms with van der Waals surface area (Å²) in [7, 11) is 0. The predicted octanol–water partition coefficient (Wildman–Crippen LogP) is 2.59. The van der Waals surface area contributed by atoms with E-state index >= 15 is 0 Å². The zero-order valence-corrected chi connectivity index (χ0v) is 11.9. The van der Waals surface area contributed by atoms with Gasteiger partial charge in [-0.3, -0.25) is 0 Å². The molecule has 0 aromatic heterocycles. The second-order valence-corrected chi connectivity index (χ2v) is 5.36. The standard InChI is InChI=1S/C13H17ClN2OS/c1-9-8-16(5-2-6-17-9)10-3-4-11(13(15)18)12(14)7-10/h3-4,7,9H,2,5-6,8H2,1H3,(H2,15,18). The van der Waals surface area contributed by atoms with Crippen LogP contribution in [-0.2, 0) is 4.74 Å². The quantitative estimate of drug-likeness (QED) is 0.847. The smallest absolute Gasteiger partial charge is 0.105 e. The summed E-state index contributed by atoms with van der Waals surface area (Å²) in [4.78, 5) is 2.62. The molecule has 0 amide bonds. The highest BCUT2D eigenvalue weighted by atomic mass is 35.5. The normalized spacial score (nSPS) is 20.6. The van der Waals surface area contributed by atoms with Crippen molar-refractivity contribution in [2.45, 2.75) is 19.4 Å². The summed E-state index contributed by atoms with van der Waals surface area (Å²) in [5.74, 6) is 0. The molecule has 1 aliphatic heterocycles. The van der Waals surface area contributed by atoms with Gasteiger partial charge < -0.3 is 15.4 Å². The molecule has 18 heavy (non-hydrogen) atoms. The maximum Gasteiger partial charge on any atom is 0.105 e. The van der Waals surface area contributed by atoms with E-state index in [4.69, 9.17) is 34.3 Å². The van der Waals surface area contributed by atoms with Crippen LogP contribution in [0.15, 0.2) is 18.2 Å². The molecule has 1 atom stereocenters. The molecule has 0 bridgehead atoms. The van der Waals surface area contributed by atoms with Crippen molar-refractivity contribution in [1.82, 2.24) is 0 Å². The van der Waals surface area contributed by atoms with Crippen LogP contribution in [0.3, 0.4) is 0 Å². The second kappa shape index (κ2) is 5.87. The number of halogens is 1. The topological polar surface area (TPSA) is 38.5 Å². The highest BCUT2D eigenvalue weighted by Crippen LogP contribution is 2.25. The first-order valence-electron chi connectivity index (χ1n) is 6.04. The van der Waals surface area contributed by atoms with Gasteiger partial charge in [0.15, 0.2) is 0 Å². The molecule has 98 valence electrons. The number of nitrogens with zero attached hydrogens (tertiary/aromatic N) is 1. The fourth-order valence-corrected chi connectivity index (χ4v) is 2.64. The number of anilines is 1. The van der Waals surface area contributed by atoms with Gasteiger partial charge in [0, 0.05) is 30.9 Å². The summed E-state index contributed by atoms with van der Waals surface area (Å²) in [5.41, 5.74) is 7.43. The zero-order valence-electron chi connectivity index (χ0n) is 10.4. The van der Waals surface area contributed by atoms with Gasteiger partial charge in [-0.1, -0.05) is 23.8 Å². The Kier molecular flexibility index (Phi) is 4.43. The number of ether oxygens (including phenoxy) is 1. The third-order valence-corrected chi connectivity index (χ3v) is 3.57. The second-order valence-electron chi connectivity index (χ2n) is 4.51. The summed E-state index contributed by atoms with van der Waals surface area (Å²) in [6.45, 7) is 4.76.